The lowest BCUT2D eigenvalue weighted by atomic mass is 9.79. The average molecular weight is 357 g/mol. The van der Waals surface area contributed by atoms with Gasteiger partial charge < -0.3 is 10.6 Å². The summed E-state index contributed by atoms with van der Waals surface area (Å²) in [5.41, 5.74) is 0.252. The van der Waals surface area contributed by atoms with E-state index in [2.05, 4.69) is 54.3 Å². The van der Waals surface area contributed by atoms with Crippen LogP contribution < -0.4 is 10.6 Å². The minimum Gasteiger partial charge on any atom is -0.349 e. The molecule has 1 heterocycles. The van der Waals surface area contributed by atoms with E-state index in [1.165, 1.54) is 6.07 Å². The molecule has 5 heteroatoms. The number of carbonyl (C=O) groups excluding carboxylic acids is 1. The summed E-state index contributed by atoms with van der Waals surface area (Å²) in [6, 6.07) is 4.57. The van der Waals surface area contributed by atoms with Crippen LogP contribution in [0.1, 0.15) is 50.9 Å². The molecule has 0 aromatic heterocycles. The van der Waals surface area contributed by atoms with Crippen molar-refractivity contribution in [2.24, 2.45) is 0 Å². The van der Waals surface area contributed by atoms with Crippen LogP contribution >= 0.6 is 15.9 Å². The largest absolute Gasteiger partial charge is 0.349 e. The van der Waals surface area contributed by atoms with E-state index in [0.717, 1.165) is 12.8 Å². The zero-order chi connectivity index (χ0) is 15.8. The first-order chi connectivity index (χ1) is 9.60. The Morgan fingerprint density at radius 1 is 1.29 bits per heavy atom. The van der Waals surface area contributed by atoms with Gasteiger partial charge in [-0.3, -0.25) is 4.79 Å². The molecule has 1 amide bonds. The Hall–Kier alpha value is -0.940. The van der Waals surface area contributed by atoms with Gasteiger partial charge in [0.1, 0.15) is 5.82 Å². The Morgan fingerprint density at radius 3 is 2.43 bits per heavy atom. The van der Waals surface area contributed by atoms with Crippen molar-refractivity contribution in [3.63, 3.8) is 0 Å². The molecule has 1 aromatic carbocycles. The third-order valence-corrected chi connectivity index (χ3v) is 4.53. The number of hydrogen-bond acceptors (Lipinski definition) is 2. The van der Waals surface area contributed by atoms with Gasteiger partial charge in [0, 0.05) is 17.1 Å². The first-order valence-electron chi connectivity index (χ1n) is 7.14. The van der Waals surface area contributed by atoms with Crippen molar-refractivity contribution in [2.45, 2.75) is 57.7 Å². The Kier molecular flexibility index (Phi) is 4.45. The summed E-state index contributed by atoms with van der Waals surface area (Å²) in [5.74, 6) is -0.659. The minimum atomic E-state index is -0.423. The molecule has 0 aliphatic carbocycles. The number of nitrogens with one attached hydrogen (secondary N) is 2. The third-order valence-electron chi connectivity index (χ3n) is 3.72. The molecule has 0 atom stereocenters. The number of piperidine rings is 1. The molecular formula is C16H22BrFN2O. The number of benzene rings is 1. The zero-order valence-corrected chi connectivity index (χ0v) is 14.5. The van der Waals surface area contributed by atoms with Gasteiger partial charge in [0.15, 0.2) is 0 Å². The molecule has 3 nitrogen and oxygen atoms in total. The second-order valence-electron chi connectivity index (χ2n) is 7.07. The van der Waals surface area contributed by atoms with Gasteiger partial charge in [-0.1, -0.05) is 6.07 Å². The lowest BCUT2D eigenvalue weighted by Crippen LogP contribution is -2.62. The topological polar surface area (TPSA) is 41.1 Å². The molecule has 1 fully saturated rings. The standard InChI is InChI=1S/C16H22BrFN2O/c1-15(2)8-10(9-16(3,4)20-15)19-14(21)11-6-5-7-12(18)13(11)17/h5-7,10,20H,8-9H2,1-4H3,(H,19,21). The highest BCUT2D eigenvalue weighted by molar-refractivity contribution is 9.10. The molecule has 0 bridgehead atoms. The van der Waals surface area contributed by atoms with E-state index in [9.17, 15) is 9.18 Å². The summed E-state index contributed by atoms with van der Waals surface area (Å²) in [5, 5.41) is 6.61. The van der Waals surface area contributed by atoms with Crippen LogP contribution in [-0.4, -0.2) is 23.0 Å². The lowest BCUT2D eigenvalue weighted by Gasteiger charge is -2.46. The van der Waals surface area contributed by atoms with Crippen LogP contribution in [0.5, 0.6) is 0 Å². The average Bonchev–Trinajstić information content (AvgIpc) is 2.28. The number of halogens is 2. The summed E-state index contributed by atoms with van der Waals surface area (Å²) in [7, 11) is 0. The minimum absolute atomic E-state index is 0.0428. The fraction of sp³-hybridized carbons (Fsp3) is 0.562. The van der Waals surface area contributed by atoms with Crippen molar-refractivity contribution < 1.29 is 9.18 Å². The van der Waals surface area contributed by atoms with Crippen LogP contribution in [0.25, 0.3) is 0 Å². The van der Waals surface area contributed by atoms with E-state index < -0.39 is 5.82 Å². The molecule has 0 saturated carbocycles. The van der Waals surface area contributed by atoms with Gasteiger partial charge in [0.05, 0.1) is 10.0 Å². The molecule has 0 spiro atoms. The van der Waals surface area contributed by atoms with Crippen LogP contribution in [-0.2, 0) is 0 Å². The quantitative estimate of drug-likeness (QED) is 0.849. The predicted octanol–water partition coefficient (Wildman–Crippen LogP) is 3.63. The molecule has 2 N–H and O–H groups in total. The molecule has 1 aromatic rings. The number of hydrogen-bond donors (Lipinski definition) is 2. The van der Waals surface area contributed by atoms with Gasteiger partial charge in [-0.2, -0.15) is 0 Å². The van der Waals surface area contributed by atoms with E-state index >= 15 is 0 Å². The number of amides is 1. The monoisotopic (exact) mass is 356 g/mol. The molecule has 0 unspecified atom stereocenters. The number of rotatable bonds is 2. The van der Waals surface area contributed by atoms with Crippen LogP contribution in [0.2, 0.25) is 0 Å². The molecular weight excluding hydrogens is 335 g/mol. The fourth-order valence-corrected chi connectivity index (χ4v) is 3.81. The van der Waals surface area contributed by atoms with E-state index in [-0.39, 0.29) is 27.5 Å². The Morgan fingerprint density at radius 2 is 1.86 bits per heavy atom. The molecule has 1 aliphatic heterocycles. The van der Waals surface area contributed by atoms with Gasteiger partial charge in [-0.05, 0) is 68.6 Å². The van der Waals surface area contributed by atoms with Crippen molar-refractivity contribution in [3.05, 3.63) is 34.1 Å². The first-order valence-corrected chi connectivity index (χ1v) is 7.93. The van der Waals surface area contributed by atoms with E-state index in [1.807, 2.05) is 0 Å². The maximum absolute atomic E-state index is 13.5. The molecule has 1 saturated heterocycles. The Balaban J connectivity index is 2.14. The molecule has 0 radical (unpaired) electrons. The highest BCUT2D eigenvalue weighted by Gasteiger charge is 2.38. The molecule has 116 valence electrons. The second kappa shape index (κ2) is 5.69. The van der Waals surface area contributed by atoms with Gasteiger partial charge in [0.25, 0.3) is 5.91 Å². The van der Waals surface area contributed by atoms with Crippen molar-refractivity contribution in [2.75, 3.05) is 0 Å². The van der Waals surface area contributed by atoms with Crippen molar-refractivity contribution >= 4 is 21.8 Å². The smallest absolute Gasteiger partial charge is 0.252 e. The van der Waals surface area contributed by atoms with Gasteiger partial charge in [-0.25, -0.2) is 4.39 Å². The van der Waals surface area contributed by atoms with Gasteiger partial charge >= 0.3 is 0 Å². The third kappa shape index (κ3) is 4.04. The maximum Gasteiger partial charge on any atom is 0.252 e. The van der Waals surface area contributed by atoms with Crippen molar-refractivity contribution in [1.29, 1.82) is 0 Å². The Labute approximate surface area is 133 Å². The van der Waals surface area contributed by atoms with Crippen molar-refractivity contribution in [3.8, 4) is 0 Å². The van der Waals surface area contributed by atoms with Gasteiger partial charge in [-0.15, -0.1) is 0 Å². The summed E-state index contributed by atoms with van der Waals surface area (Å²) in [6.07, 6.45) is 1.68. The van der Waals surface area contributed by atoms with Crippen LogP contribution in [0.4, 0.5) is 4.39 Å². The summed E-state index contributed by atoms with van der Waals surface area (Å²) in [6.45, 7) is 8.52. The fourth-order valence-electron chi connectivity index (χ4n) is 3.37. The Bertz CT molecular complexity index is 541. The van der Waals surface area contributed by atoms with Crippen LogP contribution in [0, 0.1) is 5.82 Å². The lowest BCUT2D eigenvalue weighted by molar-refractivity contribution is 0.0872. The zero-order valence-electron chi connectivity index (χ0n) is 12.9. The normalized spacial score (nSPS) is 21.0. The highest BCUT2D eigenvalue weighted by Crippen LogP contribution is 2.29. The van der Waals surface area contributed by atoms with E-state index in [0.29, 0.717) is 5.56 Å². The summed E-state index contributed by atoms with van der Waals surface area (Å²) >= 11 is 3.14. The molecule has 1 aliphatic rings. The summed E-state index contributed by atoms with van der Waals surface area (Å²) in [4.78, 5) is 12.4. The predicted molar refractivity (Wildman–Crippen MR) is 85.9 cm³/mol. The van der Waals surface area contributed by atoms with E-state index in [1.54, 1.807) is 12.1 Å². The highest BCUT2D eigenvalue weighted by atomic mass is 79.9. The second-order valence-corrected chi connectivity index (χ2v) is 7.87. The van der Waals surface area contributed by atoms with Crippen LogP contribution in [0.15, 0.2) is 22.7 Å². The van der Waals surface area contributed by atoms with Crippen molar-refractivity contribution in [1.82, 2.24) is 10.6 Å². The molecule has 21 heavy (non-hydrogen) atoms. The maximum atomic E-state index is 13.5. The van der Waals surface area contributed by atoms with E-state index in [4.69, 9.17) is 0 Å². The SMILES string of the molecule is CC1(C)CC(NC(=O)c2cccc(F)c2Br)CC(C)(C)N1. The first kappa shape index (κ1) is 16.4. The van der Waals surface area contributed by atoms with Crippen LogP contribution in [0.3, 0.4) is 0 Å². The number of carbonyl (C=O) groups is 1. The molecule has 2 rings (SSSR count). The summed E-state index contributed by atoms with van der Waals surface area (Å²) < 4.78 is 13.7. The van der Waals surface area contributed by atoms with Gasteiger partial charge in [0.2, 0.25) is 0 Å².